The molecule has 1 saturated heterocycles. The van der Waals surface area contributed by atoms with E-state index in [4.69, 9.17) is 4.74 Å². The Morgan fingerprint density at radius 2 is 2.13 bits per heavy atom. The van der Waals surface area contributed by atoms with Crippen LogP contribution in [0.4, 0.5) is 4.79 Å². The molecule has 1 rings (SSSR count). The summed E-state index contributed by atoms with van der Waals surface area (Å²) >= 11 is 3.24. The van der Waals surface area contributed by atoms with E-state index in [0.717, 1.165) is 12.8 Å². The fraction of sp³-hybridized carbons (Fsp3) is 0.800. The lowest BCUT2D eigenvalue weighted by atomic mass is 10.1. The molecule has 0 aromatic carbocycles. The predicted octanol–water partition coefficient (Wildman–Crippen LogP) is 2.31. The van der Waals surface area contributed by atoms with Crippen LogP contribution in [0.2, 0.25) is 0 Å². The van der Waals surface area contributed by atoms with E-state index in [-0.39, 0.29) is 10.7 Å². The van der Waals surface area contributed by atoms with Crippen LogP contribution in [0.25, 0.3) is 0 Å². The molecule has 0 N–H and O–H groups in total. The van der Waals surface area contributed by atoms with Gasteiger partial charge in [0.25, 0.3) is 0 Å². The van der Waals surface area contributed by atoms with Crippen molar-refractivity contribution in [2.45, 2.75) is 44.0 Å². The van der Waals surface area contributed by atoms with Gasteiger partial charge in [-0.25, -0.2) is 9.69 Å². The Kier molecular flexibility index (Phi) is 3.76. The molecular weight excluding hydrogens is 262 g/mol. The van der Waals surface area contributed by atoms with Gasteiger partial charge in [-0.2, -0.15) is 0 Å². The lowest BCUT2D eigenvalue weighted by Gasteiger charge is -2.30. The SMILES string of the molecule is CC(C)(C)OC(=O)N1CCC[C@@H](Br)C1=O. The number of amides is 2. The first-order valence-corrected chi connectivity index (χ1v) is 5.91. The van der Waals surface area contributed by atoms with E-state index in [1.807, 2.05) is 0 Å². The molecule has 0 aliphatic carbocycles. The highest BCUT2D eigenvalue weighted by Gasteiger charge is 2.33. The summed E-state index contributed by atoms with van der Waals surface area (Å²) in [6.45, 7) is 5.80. The second kappa shape index (κ2) is 4.51. The van der Waals surface area contributed by atoms with E-state index in [0.29, 0.717) is 6.54 Å². The van der Waals surface area contributed by atoms with Gasteiger partial charge in [-0.3, -0.25) is 4.79 Å². The van der Waals surface area contributed by atoms with Crippen molar-refractivity contribution in [1.29, 1.82) is 0 Å². The van der Waals surface area contributed by atoms with Crippen molar-refractivity contribution in [3.05, 3.63) is 0 Å². The first kappa shape index (κ1) is 12.5. The number of hydrogen-bond acceptors (Lipinski definition) is 3. The molecule has 1 aliphatic rings. The van der Waals surface area contributed by atoms with Gasteiger partial charge in [-0.1, -0.05) is 15.9 Å². The van der Waals surface area contributed by atoms with E-state index in [1.165, 1.54) is 4.90 Å². The minimum atomic E-state index is -0.559. The van der Waals surface area contributed by atoms with Gasteiger partial charge in [-0.15, -0.1) is 0 Å². The molecule has 15 heavy (non-hydrogen) atoms. The first-order valence-electron chi connectivity index (χ1n) is 5.00. The van der Waals surface area contributed by atoms with E-state index in [9.17, 15) is 9.59 Å². The van der Waals surface area contributed by atoms with Gasteiger partial charge in [-0.05, 0) is 33.6 Å². The zero-order valence-corrected chi connectivity index (χ0v) is 10.8. The average Bonchev–Trinajstić information content (AvgIpc) is 2.06. The van der Waals surface area contributed by atoms with Crippen LogP contribution >= 0.6 is 15.9 Å². The normalized spacial score (nSPS) is 22.8. The van der Waals surface area contributed by atoms with Crippen molar-refractivity contribution in [3.63, 3.8) is 0 Å². The quantitative estimate of drug-likeness (QED) is 0.639. The maximum atomic E-state index is 11.6. The van der Waals surface area contributed by atoms with Crippen LogP contribution in [-0.2, 0) is 9.53 Å². The molecule has 1 atom stereocenters. The third-order valence-electron chi connectivity index (χ3n) is 1.99. The molecule has 0 aromatic heterocycles. The number of carbonyl (C=O) groups excluding carboxylic acids is 2. The number of carbonyl (C=O) groups is 2. The minimum absolute atomic E-state index is 0.199. The summed E-state index contributed by atoms with van der Waals surface area (Å²) < 4.78 is 5.14. The molecule has 0 saturated carbocycles. The van der Waals surface area contributed by atoms with Crippen LogP contribution in [0, 0.1) is 0 Å². The molecular formula is C10H16BrNO3. The Balaban J connectivity index is 2.63. The van der Waals surface area contributed by atoms with Crippen LogP contribution in [0.5, 0.6) is 0 Å². The summed E-state index contributed by atoms with van der Waals surface area (Å²) in [5, 5.41) is 0. The number of rotatable bonds is 0. The van der Waals surface area contributed by atoms with Gasteiger partial charge in [0.15, 0.2) is 0 Å². The molecule has 0 spiro atoms. The Morgan fingerprint density at radius 3 is 2.67 bits per heavy atom. The van der Waals surface area contributed by atoms with Crippen LogP contribution in [0.1, 0.15) is 33.6 Å². The summed E-state index contributed by atoms with van der Waals surface area (Å²) in [6, 6.07) is 0. The summed E-state index contributed by atoms with van der Waals surface area (Å²) in [4.78, 5) is 24.2. The molecule has 0 radical (unpaired) electrons. The van der Waals surface area contributed by atoms with Gasteiger partial charge < -0.3 is 4.74 Å². The van der Waals surface area contributed by atoms with Crippen LogP contribution in [0.15, 0.2) is 0 Å². The topological polar surface area (TPSA) is 46.6 Å². The Labute approximate surface area is 98.1 Å². The Hall–Kier alpha value is -0.580. The van der Waals surface area contributed by atoms with Gasteiger partial charge >= 0.3 is 6.09 Å². The second-order valence-corrected chi connectivity index (χ2v) is 5.69. The van der Waals surface area contributed by atoms with Gasteiger partial charge in [0, 0.05) is 6.54 Å². The average molecular weight is 278 g/mol. The first-order chi connectivity index (χ1) is 6.81. The number of piperidine rings is 1. The van der Waals surface area contributed by atoms with E-state index >= 15 is 0 Å². The highest BCUT2D eigenvalue weighted by molar-refractivity contribution is 9.10. The lowest BCUT2D eigenvalue weighted by molar-refractivity contribution is -0.131. The zero-order chi connectivity index (χ0) is 11.6. The Morgan fingerprint density at radius 1 is 1.53 bits per heavy atom. The molecule has 0 aromatic rings. The van der Waals surface area contributed by atoms with Crippen LogP contribution in [-0.4, -0.2) is 33.9 Å². The van der Waals surface area contributed by atoms with Gasteiger partial charge in [0.05, 0.1) is 4.83 Å². The molecule has 1 fully saturated rings. The largest absolute Gasteiger partial charge is 0.443 e. The molecule has 2 amide bonds. The lowest BCUT2D eigenvalue weighted by Crippen LogP contribution is -2.47. The molecule has 86 valence electrons. The molecule has 0 unspecified atom stereocenters. The summed E-state index contributed by atoms with van der Waals surface area (Å²) in [5.74, 6) is -0.199. The van der Waals surface area contributed by atoms with Gasteiger partial charge in [0.2, 0.25) is 5.91 Å². The predicted molar refractivity (Wildman–Crippen MR) is 59.9 cm³/mol. The van der Waals surface area contributed by atoms with Crippen molar-refractivity contribution in [2.75, 3.05) is 6.54 Å². The van der Waals surface area contributed by atoms with Crippen molar-refractivity contribution in [2.24, 2.45) is 0 Å². The van der Waals surface area contributed by atoms with Crippen molar-refractivity contribution in [3.8, 4) is 0 Å². The third kappa shape index (κ3) is 3.48. The number of likely N-dealkylation sites (tertiary alicyclic amines) is 1. The fourth-order valence-electron chi connectivity index (χ4n) is 1.33. The fourth-order valence-corrected chi connectivity index (χ4v) is 1.90. The maximum Gasteiger partial charge on any atom is 0.417 e. The van der Waals surface area contributed by atoms with E-state index in [1.54, 1.807) is 20.8 Å². The number of ether oxygens (including phenoxy) is 1. The molecule has 5 heteroatoms. The summed E-state index contributed by atoms with van der Waals surface area (Å²) in [7, 11) is 0. The molecule has 1 heterocycles. The third-order valence-corrected chi connectivity index (χ3v) is 2.84. The maximum absolute atomic E-state index is 11.6. The number of alkyl halides is 1. The number of halogens is 1. The smallest absolute Gasteiger partial charge is 0.417 e. The van der Waals surface area contributed by atoms with Gasteiger partial charge in [0.1, 0.15) is 5.60 Å². The highest BCUT2D eigenvalue weighted by Crippen LogP contribution is 2.20. The minimum Gasteiger partial charge on any atom is -0.443 e. The summed E-state index contributed by atoms with van der Waals surface area (Å²) in [6.07, 6.45) is 1.05. The molecule has 0 bridgehead atoms. The standard InChI is InChI=1S/C10H16BrNO3/c1-10(2,3)15-9(14)12-6-4-5-7(11)8(12)13/h7H,4-6H2,1-3H3/t7-/m1/s1. The monoisotopic (exact) mass is 277 g/mol. The number of nitrogens with zero attached hydrogens (tertiary/aromatic N) is 1. The van der Waals surface area contributed by atoms with Crippen LogP contribution < -0.4 is 0 Å². The molecule has 4 nitrogen and oxygen atoms in total. The van der Waals surface area contributed by atoms with Crippen molar-refractivity contribution < 1.29 is 14.3 Å². The summed E-state index contributed by atoms with van der Waals surface area (Å²) in [5.41, 5.74) is -0.559. The van der Waals surface area contributed by atoms with Crippen molar-refractivity contribution >= 4 is 27.9 Å². The highest BCUT2D eigenvalue weighted by atomic mass is 79.9. The van der Waals surface area contributed by atoms with Crippen molar-refractivity contribution in [1.82, 2.24) is 4.90 Å². The van der Waals surface area contributed by atoms with E-state index in [2.05, 4.69) is 15.9 Å². The molecule has 1 aliphatic heterocycles. The second-order valence-electron chi connectivity index (χ2n) is 4.58. The number of imide groups is 1. The van der Waals surface area contributed by atoms with Crippen LogP contribution in [0.3, 0.4) is 0 Å². The van der Waals surface area contributed by atoms with E-state index < -0.39 is 11.7 Å². The Bertz CT molecular complexity index is 272. The number of hydrogen-bond donors (Lipinski definition) is 0. The zero-order valence-electron chi connectivity index (χ0n) is 9.25.